The van der Waals surface area contributed by atoms with E-state index in [1.807, 2.05) is 19.9 Å². The monoisotopic (exact) mass is 322 g/mol. The van der Waals surface area contributed by atoms with E-state index in [9.17, 15) is 13.2 Å². The summed E-state index contributed by atoms with van der Waals surface area (Å²) in [6, 6.07) is 5.44. The molecule has 1 N–H and O–H groups in total. The highest BCUT2D eigenvalue weighted by molar-refractivity contribution is 7.93. The molecule has 1 aromatic carbocycles. The van der Waals surface area contributed by atoms with E-state index in [0.29, 0.717) is 30.3 Å². The third-order valence-corrected chi connectivity index (χ3v) is 6.48. The van der Waals surface area contributed by atoms with Gasteiger partial charge >= 0.3 is 0 Å². The number of sulfonamides is 1. The van der Waals surface area contributed by atoms with Gasteiger partial charge in [-0.3, -0.25) is 9.10 Å². The van der Waals surface area contributed by atoms with E-state index >= 15 is 0 Å². The van der Waals surface area contributed by atoms with Crippen molar-refractivity contribution in [3.05, 3.63) is 23.8 Å². The van der Waals surface area contributed by atoms with Crippen LogP contribution >= 0.6 is 0 Å². The van der Waals surface area contributed by atoms with Gasteiger partial charge in [0, 0.05) is 18.2 Å². The number of nitrogens with zero attached hydrogens (tertiary/aromatic N) is 1. The molecule has 0 radical (unpaired) electrons. The molecule has 3 rings (SSSR count). The lowest BCUT2D eigenvalue weighted by atomic mass is 10.1. The van der Waals surface area contributed by atoms with Gasteiger partial charge in [-0.25, -0.2) is 8.42 Å². The zero-order valence-electron chi connectivity index (χ0n) is 13.0. The lowest BCUT2D eigenvalue weighted by molar-refractivity contribution is -0.119. The summed E-state index contributed by atoms with van der Waals surface area (Å²) in [4.78, 5) is 12.3. The minimum absolute atomic E-state index is 0.0126. The number of hydrogen-bond acceptors (Lipinski definition) is 3. The molecule has 1 heterocycles. The average Bonchev–Trinajstić information content (AvgIpc) is 3.24. The first-order valence-electron chi connectivity index (χ1n) is 7.80. The molecule has 5 nitrogen and oxygen atoms in total. The van der Waals surface area contributed by atoms with Crippen LogP contribution in [0.25, 0.3) is 0 Å². The third kappa shape index (κ3) is 2.97. The lowest BCUT2D eigenvalue weighted by Gasteiger charge is -2.19. The smallest absolute Gasteiger partial charge is 0.235 e. The minimum atomic E-state index is -3.20. The molecule has 1 aliphatic carbocycles. The van der Waals surface area contributed by atoms with Crippen LogP contribution in [0.2, 0.25) is 0 Å². The molecule has 2 aliphatic rings. The quantitative estimate of drug-likeness (QED) is 0.926. The number of benzene rings is 1. The van der Waals surface area contributed by atoms with Gasteiger partial charge in [0.25, 0.3) is 0 Å². The summed E-state index contributed by atoms with van der Waals surface area (Å²) in [6.07, 6.45) is 2.90. The zero-order valence-corrected chi connectivity index (χ0v) is 13.8. The predicted octanol–water partition coefficient (Wildman–Crippen LogP) is 2.52. The van der Waals surface area contributed by atoms with Crippen molar-refractivity contribution in [3.8, 4) is 0 Å². The molecule has 1 aromatic rings. The Morgan fingerprint density at radius 3 is 2.68 bits per heavy atom. The molecular formula is C16H22N2O3S. The molecule has 120 valence electrons. The van der Waals surface area contributed by atoms with E-state index < -0.39 is 10.0 Å². The van der Waals surface area contributed by atoms with Crippen molar-refractivity contribution in [2.24, 2.45) is 11.8 Å². The van der Waals surface area contributed by atoms with Crippen LogP contribution in [-0.2, 0) is 14.8 Å². The van der Waals surface area contributed by atoms with Gasteiger partial charge in [0.05, 0.1) is 11.4 Å². The number of aryl methyl sites for hydroxylation is 1. The van der Waals surface area contributed by atoms with E-state index in [1.54, 1.807) is 12.1 Å². The highest BCUT2D eigenvalue weighted by atomic mass is 32.2. The fraction of sp³-hybridized carbons (Fsp3) is 0.562. The van der Waals surface area contributed by atoms with Crippen molar-refractivity contribution in [1.29, 1.82) is 0 Å². The van der Waals surface area contributed by atoms with Crippen LogP contribution in [0.15, 0.2) is 18.2 Å². The van der Waals surface area contributed by atoms with Crippen LogP contribution in [0.4, 0.5) is 11.4 Å². The van der Waals surface area contributed by atoms with Crippen LogP contribution in [-0.4, -0.2) is 26.6 Å². The molecular weight excluding hydrogens is 300 g/mol. The Morgan fingerprint density at radius 1 is 1.36 bits per heavy atom. The van der Waals surface area contributed by atoms with E-state index in [0.717, 1.165) is 18.4 Å². The molecule has 1 saturated carbocycles. The van der Waals surface area contributed by atoms with Gasteiger partial charge in [0.1, 0.15) is 0 Å². The van der Waals surface area contributed by atoms with Crippen LogP contribution in [0.5, 0.6) is 0 Å². The molecule has 1 atom stereocenters. The number of anilines is 2. The molecule has 1 amide bonds. The summed E-state index contributed by atoms with van der Waals surface area (Å²) in [6.45, 7) is 4.38. The zero-order chi connectivity index (χ0) is 15.9. The Bertz CT molecular complexity index is 695. The molecule has 6 heteroatoms. The van der Waals surface area contributed by atoms with Gasteiger partial charge in [-0.05, 0) is 49.8 Å². The first-order chi connectivity index (χ1) is 10.4. The largest absolute Gasteiger partial charge is 0.326 e. The Morgan fingerprint density at radius 2 is 2.09 bits per heavy atom. The fourth-order valence-electron chi connectivity index (χ4n) is 2.89. The lowest BCUT2D eigenvalue weighted by Crippen LogP contribution is -2.26. The molecule has 1 saturated heterocycles. The molecule has 22 heavy (non-hydrogen) atoms. The second kappa shape index (κ2) is 5.57. The molecule has 0 bridgehead atoms. The predicted molar refractivity (Wildman–Crippen MR) is 87.4 cm³/mol. The van der Waals surface area contributed by atoms with Crippen molar-refractivity contribution in [2.45, 2.75) is 33.1 Å². The van der Waals surface area contributed by atoms with Gasteiger partial charge in [0.2, 0.25) is 15.9 Å². The van der Waals surface area contributed by atoms with Gasteiger partial charge in [0.15, 0.2) is 0 Å². The number of hydrogen-bond donors (Lipinski definition) is 1. The van der Waals surface area contributed by atoms with Crippen molar-refractivity contribution >= 4 is 27.3 Å². The highest BCUT2D eigenvalue weighted by Gasteiger charge is 2.33. The number of amides is 1. The molecule has 1 unspecified atom stereocenters. The fourth-order valence-corrected chi connectivity index (χ4v) is 4.44. The Hall–Kier alpha value is -1.56. The van der Waals surface area contributed by atoms with E-state index in [1.165, 1.54) is 4.31 Å². The molecule has 1 aliphatic heterocycles. The van der Waals surface area contributed by atoms with Crippen molar-refractivity contribution in [1.82, 2.24) is 0 Å². The van der Waals surface area contributed by atoms with Crippen LogP contribution < -0.4 is 9.62 Å². The third-order valence-electron chi connectivity index (χ3n) is 4.61. The minimum Gasteiger partial charge on any atom is -0.326 e. The number of nitrogens with one attached hydrogen (secondary N) is 1. The van der Waals surface area contributed by atoms with Crippen molar-refractivity contribution < 1.29 is 13.2 Å². The summed E-state index contributed by atoms with van der Waals surface area (Å²) in [5.74, 6) is 0.731. The Balaban J connectivity index is 1.82. The van der Waals surface area contributed by atoms with E-state index in [-0.39, 0.29) is 17.6 Å². The first kappa shape index (κ1) is 15.3. The standard InChI is InChI=1S/C16H22N2O3S/c1-11-4-7-14(18-8-3-9-22(18,20)21)10-15(11)17-16(19)12(2)13-5-6-13/h4,7,10,12-13H,3,5-6,8-9H2,1-2H3,(H,17,19). The highest BCUT2D eigenvalue weighted by Crippen LogP contribution is 2.37. The van der Waals surface area contributed by atoms with Crippen LogP contribution in [0.1, 0.15) is 31.7 Å². The van der Waals surface area contributed by atoms with Crippen molar-refractivity contribution in [2.75, 3.05) is 21.9 Å². The number of carbonyl (C=O) groups excluding carboxylic acids is 1. The maximum atomic E-state index is 12.3. The Kier molecular flexibility index (Phi) is 3.89. The van der Waals surface area contributed by atoms with Gasteiger partial charge in [-0.2, -0.15) is 0 Å². The maximum Gasteiger partial charge on any atom is 0.235 e. The summed E-state index contributed by atoms with van der Waals surface area (Å²) in [5, 5.41) is 2.96. The van der Waals surface area contributed by atoms with Gasteiger partial charge < -0.3 is 5.32 Å². The summed E-state index contributed by atoms with van der Waals surface area (Å²) in [7, 11) is -3.20. The summed E-state index contributed by atoms with van der Waals surface area (Å²) < 4.78 is 25.5. The summed E-state index contributed by atoms with van der Waals surface area (Å²) in [5.41, 5.74) is 2.28. The number of rotatable bonds is 4. The number of carbonyl (C=O) groups is 1. The maximum absolute atomic E-state index is 12.3. The second-order valence-electron chi connectivity index (χ2n) is 6.36. The Labute approximate surface area is 131 Å². The SMILES string of the molecule is Cc1ccc(N2CCCS2(=O)=O)cc1NC(=O)C(C)C1CC1. The first-order valence-corrected chi connectivity index (χ1v) is 9.41. The topological polar surface area (TPSA) is 66.5 Å². The second-order valence-corrected chi connectivity index (χ2v) is 8.37. The van der Waals surface area contributed by atoms with Gasteiger partial charge in [-0.15, -0.1) is 0 Å². The molecule has 2 fully saturated rings. The van der Waals surface area contributed by atoms with Crippen molar-refractivity contribution in [3.63, 3.8) is 0 Å². The van der Waals surface area contributed by atoms with E-state index in [2.05, 4.69) is 5.32 Å². The van der Waals surface area contributed by atoms with E-state index in [4.69, 9.17) is 0 Å². The van der Waals surface area contributed by atoms with Gasteiger partial charge in [-0.1, -0.05) is 13.0 Å². The average molecular weight is 322 g/mol. The molecule has 0 aromatic heterocycles. The summed E-state index contributed by atoms with van der Waals surface area (Å²) >= 11 is 0. The van der Waals surface area contributed by atoms with Crippen LogP contribution in [0, 0.1) is 18.8 Å². The normalized spacial score (nSPS) is 21.6. The van der Waals surface area contributed by atoms with Crippen LogP contribution in [0.3, 0.4) is 0 Å². The molecule has 0 spiro atoms.